The van der Waals surface area contributed by atoms with Crippen molar-refractivity contribution in [2.75, 3.05) is 25.6 Å². The molecule has 1 heterocycles. The van der Waals surface area contributed by atoms with Gasteiger partial charge < -0.3 is 14.8 Å². The minimum absolute atomic E-state index is 0.0185. The van der Waals surface area contributed by atoms with Crippen LogP contribution in [-0.4, -0.2) is 43.6 Å². The first-order valence-electron chi connectivity index (χ1n) is 7.95. The van der Waals surface area contributed by atoms with Gasteiger partial charge in [-0.15, -0.1) is 11.8 Å². The van der Waals surface area contributed by atoms with E-state index in [2.05, 4.69) is 11.4 Å². The molecule has 1 amide bonds. The Hall–Kier alpha value is -1.30. The molecule has 0 saturated carbocycles. The lowest BCUT2D eigenvalue weighted by atomic mass is 10.1. The molecule has 2 atom stereocenters. The Morgan fingerprint density at radius 3 is 2.91 bits per heavy atom. The van der Waals surface area contributed by atoms with Gasteiger partial charge in [0.05, 0.1) is 31.1 Å². The van der Waals surface area contributed by atoms with Crippen molar-refractivity contribution in [3.8, 4) is 0 Å². The molecule has 1 aliphatic rings. The predicted octanol–water partition coefficient (Wildman–Crippen LogP) is 3.04. The summed E-state index contributed by atoms with van der Waals surface area (Å²) in [6, 6.07) is 9.86. The minimum atomic E-state index is -0.0711. The van der Waals surface area contributed by atoms with Gasteiger partial charge in [0.25, 0.3) is 0 Å². The van der Waals surface area contributed by atoms with Crippen LogP contribution in [0.15, 0.2) is 46.9 Å². The van der Waals surface area contributed by atoms with Crippen LogP contribution in [0.25, 0.3) is 0 Å². The molecule has 0 aliphatic carbocycles. The van der Waals surface area contributed by atoms with E-state index in [1.54, 1.807) is 0 Å². The second-order valence-corrected chi connectivity index (χ2v) is 6.84. The second-order valence-electron chi connectivity index (χ2n) is 5.79. The van der Waals surface area contributed by atoms with Crippen molar-refractivity contribution in [3.05, 3.63) is 42.0 Å². The molecule has 1 aromatic carbocycles. The van der Waals surface area contributed by atoms with Crippen LogP contribution in [0.2, 0.25) is 0 Å². The van der Waals surface area contributed by atoms with Crippen LogP contribution >= 0.6 is 11.8 Å². The number of benzene rings is 1. The Labute approximate surface area is 142 Å². The van der Waals surface area contributed by atoms with Crippen LogP contribution in [-0.2, 0) is 14.3 Å². The lowest BCUT2D eigenvalue weighted by Crippen LogP contribution is -2.51. The largest absolute Gasteiger partial charge is 0.379 e. The monoisotopic (exact) mass is 335 g/mol. The smallest absolute Gasteiger partial charge is 0.230 e. The van der Waals surface area contributed by atoms with Gasteiger partial charge in [-0.2, -0.15) is 0 Å². The van der Waals surface area contributed by atoms with Crippen molar-refractivity contribution in [1.82, 2.24) is 5.32 Å². The molecule has 0 radical (unpaired) electrons. The zero-order chi connectivity index (χ0) is 16.5. The van der Waals surface area contributed by atoms with E-state index in [1.165, 1.54) is 17.3 Å². The zero-order valence-corrected chi connectivity index (χ0v) is 14.6. The van der Waals surface area contributed by atoms with Crippen molar-refractivity contribution in [1.29, 1.82) is 0 Å². The molecule has 0 aromatic heterocycles. The molecule has 2 rings (SSSR count). The van der Waals surface area contributed by atoms with E-state index in [9.17, 15) is 4.79 Å². The highest BCUT2D eigenvalue weighted by molar-refractivity contribution is 8.00. The van der Waals surface area contributed by atoms with Crippen molar-refractivity contribution >= 4 is 17.7 Å². The number of hydrogen-bond acceptors (Lipinski definition) is 4. The lowest BCUT2D eigenvalue weighted by molar-refractivity contribution is -0.123. The van der Waals surface area contributed by atoms with E-state index >= 15 is 0 Å². The van der Waals surface area contributed by atoms with Gasteiger partial charge >= 0.3 is 0 Å². The van der Waals surface area contributed by atoms with Crippen molar-refractivity contribution in [2.24, 2.45) is 0 Å². The fraction of sp³-hybridized carbons (Fsp3) is 0.500. The van der Waals surface area contributed by atoms with Gasteiger partial charge in [-0.1, -0.05) is 29.8 Å². The Morgan fingerprint density at radius 1 is 1.39 bits per heavy atom. The van der Waals surface area contributed by atoms with Crippen LogP contribution in [0.3, 0.4) is 0 Å². The maximum atomic E-state index is 12.2. The molecule has 4 nitrogen and oxygen atoms in total. The van der Waals surface area contributed by atoms with E-state index in [0.29, 0.717) is 25.6 Å². The summed E-state index contributed by atoms with van der Waals surface area (Å²) >= 11 is 1.54. The summed E-state index contributed by atoms with van der Waals surface area (Å²) in [4.78, 5) is 13.3. The Kier molecular flexibility index (Phi) is 7.65. The van der Waals surface area contributed by atoms with Gasteiger partial charge in [0.1, 0.15) is 0 Å². The second kappa shape index (κ2) is 9.75. The highest BCUT2D eigenvalue weighted by atomic mass is 32.2. The number of allylic oxidation sites excluding steroid dienone is 1. The summed E-state index contributed by atoms with van der Waals surface area (Å²) in [5.41, 5.74) is 1.23. The Morgan fingerprint density at radius 2 is 2.17 bits per heavy atom. The van der Waals surface area contributed by atoms with Crippen LogP contribution in [0.4, 0.5) is 0 Å². The first-order chi connectivity index (χ1) is 11.1. The van der Waals surface area contributed by atoms with Gasteiger partial charge in [-0.05, 0) is 32.4 Å². The van der Waals surface area contributed by atoms with Crippen LogP contribution in [0.5, 0.6) is 0 Å². The molecule has 1 fully saturated rings. The van der Waals surface area contributed by atoms with E-state index in [4.69, 9.17) is 9.47 Å². The summed E-state index contributed by atoms with van der Waals surface area (Å²) < 4.78 is 11.4. The minimum Gasteiger partial charge on any atom is -0.379 e. The zero-order valence-electron chi connectivity index (χ0n) is 13.8. The number of thioether (sulfide) groups is 1. The van der Waals surface area contributed by atoms with E-state index in [1.807, 2.05) is 44.2 Å². The van der Waals surface area contributed by atoms with Crippen LogP contribution < -0.4 is 5.32 Å². The third kappa shape index (κ3) is 6.77. The number of ether oxygens (including phenoxy) is 2. The highest BCUT2D eigenvalue weighted by Gasteiger charge is 2.27. The predicted molar refractivity (Wildman–Crippen MR) is 93.7 cm³/mol. The summed E-state index contributed by atoms with van der Waals surface area (Å²) in [5, 5.41) is 3.05. The van der Waals surface area contributed by atoms with E-state index in [-0.39, 0.29) is 18.1 Å². The molecule has 0 bridgehead atoms. The summed E-state index contributed by atoms with van der Waals surface area (Å²) in [6.45, 7) is 5.88. The summed E-state index contributed by atoms with van der Waals surface area (Å²) in [7, 11) is 0. The molecule has 0 spiro atoms. The summed E-state index contributed by atoms with van der Waals surface area (Å²) in [5.74, 6) is 0.423. The van der Waals surface area contributed by atoms with E-state index < -0.39 is 0 Å². The SMILES string of the molecule is CC(C)=CCO[C@@H]1CCOC[C@@H]1NC(=O)CSc1ccccc1. The fourth-order valence-corrected chi connectivity index (χ4v) is 3.04. The molecule has 1 aromatic rings. The van der Waals surface area contributed by atoms with Crippen molar-refractivity contribution < 1.29 is 14.3 Å². The van der Waals surface area contributed by atoms with Gasteiger partial charge in [-0.25, -0.2) is 0 Å². The molecular weight excluding hydrogens is 310 g/mol. The number of amides is 1. The molecule has 1 saturated heterocycles. The summed E-state index contributed by atoms with van der Waals surface area (Å²) in [6.07, 6.45) is 2.89. The molecular formula is C18H25NO3S. The molecule has 1 N–H and O–H groups in total. The van der Waals surface area contributed by atoms with Gasteiger partial charge in [0, 0.05) is 11.5 Å². The topological polar surface area (TPSA) is 47.6 Å². The molecule has 126 valence electrons. The Balaban J connectivity index is 1.78. The quantitative estimate of drug-likeness (QED) is 0.615. The number of hydrogen-bond donors (Lipinski definition) is 1. The standard InChI is InChI=1S/C18H25NO3S/c1-14(2)8-11-22-17-9-10-21-12-16(17)19-18(20)13-23-15-6-4-3-5-7-15/h3-8,16-17H,9-13H2,1-2H3,(H,19,20)/t16-,17+/m0/s1. The maximum absolute atomic E-state index is 12.2. The average molecular weight is 335 g/mol. The molecule has 5 heteroatoms. The number of nitrogens with one attached hydrogen (secondary N) is 1. The van der Waals surface area contributed by atoms with Gasteiger partial charge in [0.2, 0.25) is 5.91 Å². The number of carbonyl (C=O) groups excluding carboxylic acids is 1. The maximum Gasteiger partial charge on any atom is 0.230 e. The number of carbonyl (C=O) groups is 1. The normalized spacial score (nSPS) is 20.8. The first-order valence-corrected chi connectivity index (χ1v) is 8.93. The molecule has 0 unspecified atom stereocenters. The van der Waals surface area contributed by atoms with Crippen LogP contribution in [0.1, 0.15) is 20.3 Å². The van der Waals surface area contributed by atoms with Crippen LogP contribution in [0, 0.1) is 0 Å². The molecule has 1 aliphatic heterocycles. The number of rotatable bonds is 7. The average Bonchev–Trinajstić information content (AvgIpc) is 2.55. The molecule has 23 heavy (non-hydrogen) atoms. The third-order valence-corrected chi connectivity index (χ3v) is 4.57. The van der Waals surface area contributed by atoms with Crippen molar-refractivity contribution in [2.45, 2.75) is 37.3 Å². The van der Waals surface area contributed by atoms with E-state index in [0.717, 1.165) is 11.3 Å². The Bertz CT molecular complexity index is 514. The van der Waals surface area contributed by atoms with Crippen molar-refractivity contribution in [3.63, 3.8) is 0 Å². The lowest BCUT2D eigenvalue weighted by Gasteiger charge is -2.31. The first kappa shape index (κ1) is 18.0. The highest BCUT2D eigenvalue weighted by Crippen LogP contribution is 2.17. The fourth-order valence-electron chi connectivity index (χ4n) is 2.30. The third-order valence-electron chi connectivity index (χ3n) is 3.55. The van der Waals surface area contributed by atoms with Gasteiger partial charge in [-0.3, -0.25) is 4.79 Å². The van der Waals surface area contributed by atoms with Gasteiger partial charge in [0.15, 0.2) is 0 Å².